The fourth-order valence-electron chi connectivity index (χ4n) is 1.84. The maximum Gasteiger partial charge on any atom is 0.00191 e. The third-order valence-electron chi connectivity index (χ3n) is 3.16. The molecule has 0 aliphatic heterocycles. The molecule has 0 aromatic carbocycles. The molecule has 0 fully saturated rings. The molecule has 2 nitrogen and oxygen atoms in total. The molecule has 0 heterocycles. The molecule has 16 heavy (non-hydrogen) atoms. The highest BCUT2D eigenvalue weighted by atomic mass is 15.1. The van der Waals surface area contributed by atoms with E-state index in [9.17, 15) is 0 Å². The van der Waals surface area contributed by atoms with Crippen LogP contribution in [0.15, 0.2) is 0 Å². The molecule has 0 rings (SSSR count). The molecule has 2 atom stereocenters. The van der Waals surface area contributed by atoms with Gasteiger partial charge >= 0.3 is 0 Å². The summed E-state index contributed by atoms with van der Waals surface area (Å²) in [5, 5.41) is 3.52. The molecule has 0 aromatic heterocycles. The van der Waals surface area contributed by atoms with Crippen LogP contribution in [0, 0.1) is 11.8 Å². The van der Waals surface area contributed by atoms with Crippen LogP contribution in [0.5, 0.6) is 0 Å². The Kier molecular flexibility index (Phi) is 8.96. The monoisotopic (exact) mass is 228 g/mol. The first-order valence-electron chi connectivity index (χ1n) is 6.95. The summed E-state index contributed by atoms with van der Waals surface area (Å²) in [7, 11) is 0. The van der Waals surface area contributed by atoms with Crippen molar-refractivity contribution in [3.8, 4) is 0 Å². The molecule has 0 aliphatic carbocycles. The molecule has 2 heteroatoms. The average molecular weight is 228 g/mol. The molecule has 0 saturated carbocycles. The Morgan fingerprint density at radius 1 is 0.938 bits per heavy atom. The van der Waals surface area contributed by atoms with E-state index < -0.39 is 0 Å². The van der Waals surface area contributed by atoms with Crippen LogP contribution in [0.25, 0.3) is 0 Å². The van der Waals surface area contributed by atoms with Crippen molar-refractivity contribution in [3.63, 3.8) is 0 Å². The molecule has 2 unspecified atom stereocenters. The second-order valence-electron chi connectivity index (χ2n) is 5.53. The second kappa shape index (κ2) is 9.00. The zero-order valence-corrected chi connectivity index (χ0v) is 12.2. The van der Waals surface area contributed by atoms with E-state index in [1.54, 1.807) is 0 Å². The van der Waals surface area contributed by atoms with Crippen molar-refractivity contribution in [1.82, 2.24) is 10.2 Å². The van der Waals surface area contributed by atoms with Gasteiger partial charge in [0.15, 0.2) is 0 Å². The summed E-state index contributed by atoms with van der Waals surface area (Å²) in [6.45, 7) is 18.4. The molecule has 0 saturated heterocycles. The Labute approximate surface area is 103 Å². The van der Waals surface area contributed by atoms with Gasteiger partial charge in [0.05, 0.1) is 0 Å². The van der Waals surface area contributed by atoms with E-state index in [-0.39, 0.29) is 0 Å². The number of hydrogen-bond acceptors (Lipinski definition) is 2. The van der Waals surface area contributed by atoms with Gasteiger partial charge in [-0.05, 0) is 24.9 Å². The van der Waals surface area contributed by atoms with Crippen molar-refractivity contribution in [2.45, 2.75) is 54.0 Å². The summed E-state index contributed by atoms with van der Waals surface area (Å²) >= 11 is 0. The maximum atomic E-state index is 3.52. The molecule has 98 valence electrons. The van der Waals surface area contributed by atoms with Gasteiger partial charge in [0.25, 0.3) is 0 Å². The highest BCUT2D eigenvalue weighted by molar-refractivity contribution is 4.67. The zero-order chi connectivity index (χ0) is 12.6. The quantitative estimate of drug-likeness (QED) is 0.652. The van der Waals surface area contributed by atoms with E-state index in [0.29, 0.717) is 6.04 Å². The third-order valence-corrected chi connectivity index (χ3v) is 3.16. The van der Waals surface area contributed by atoms with Crippen LogP contribution in [0.1, 0.15) is 48.0 Å². The minimum atomic E-state index is 0.604. The fraction of sp³-hybridized carbons (Fsp3) is 1.00. The molecule has 0 aliphatic rings. The van der Waals surface area contributed by atoms with Gasteiger partial charge in [-0.15, -0.1) is 0 Å². The first kappa shape index (κ1) is 15.9. The van der Waals surface area contributed by atoms with Crippen molar-refractivity contribution >= 4 is 0 Å². The molecule has 0 spiro atoms. The summed E-state index contributed by atoms with van der Waals surface area (Å²) < 4.78 is 0. The summed E-state index contributed by atoms with van der Waals surface area (Å²) in [5.74, 6) is 1.57. The fourth-order valence-corrected chi connectivity index (χ4v) is 1.84. The molecular weight excluding hydrogens is 196 g/mol. The van der Waals surface area contributed by atoms with Crippen molar-refractivity contribution < 1.29 is 0 Å². The standard InChI is InChI=1S/C14H32N2/c1-7-13(5)10-16(8-2)11-14(6)9-15-12(3)4/h12-15H,7-11H2,1-6H3. The minimum absolute atomic E-state index is 0.604. The highest BCUT2D eigenvalue weighted by Crippen LogP contribution is 2.06. The molecule has 0 amide bonds. The predicted molar refractivity (Wildman–Crippen MR) is 73.9 cm³/mol. The smallest absolute Gasteiger partial charge is 0.00191 e. The lowest BCUT2D eigenvalue weighted by Crippen LogP contribution is -2.37. The predicted octanol–water partition coefficient (Wildman–Crippen LogP) is 2.99. The Morgan fingerprint density at radius 3 is 1.94 bits per heavy atom. The van der Waals surface area contributed by atoms with E-state index in [4.69, 9.17) is 0 Å². The first-order chi connectivity index (χ1) is 7.49. The van der Waals surface area contributed by atoms with Gasteiger partial charge in [-0.25, -0.2) is 0 Å². The lowest BCUT2D eigenvalue weighted by atomic mass is 10.1. The van der Waals surface area contributed by atoms with Crippen molar-refractivity contribution in [2.75, 3.05) is 26.2 Å². The van der Waals surface area contributed by atoms with E-state index >= 15 is 0 Å². The van der Waals surface area contributed by atoms with E-state index in [2.05, 4.69) is 51.8 Å². The highest BCUT2D eigenvalue weighted by Gasteiger charge is 2.11. The Balaban J connectivity index is 3.82. The van der Waals surface area contributed by atoms with Gasteiger partial charge in [-0.3, -0.25) is 0 Å². The normalized spacial score (nSPS) is 15.8. The van der Waals surface area contributed by atoms with Crippen LogP contribution in [0.4, 0.5) is 0 Å². The Bertz CT molecular complexity index is 157. The van der Waals surface area contributed by atoms with Crippen LogP contribution in [0.2, 0.25) is 0 Å². The van der Waals surface area contributed by atoms with Crippen molar-refractivity contribution in [2.24, 2.45) is 11.8 Å². The number of nitrogens with zero attached hydrogens (tertiary/aromatic N) is 1. The van der Waals surface area contributed by atoms with Gasteiger partial charge in [0.1, 0.15) is 0 Å². The number of nitrogens with one attached hydrogen (secondary N) is 1. The first-order valence-corrected chi connectivity index (χ1v) is 6.95. The summed E-state index contributed by atoms with van der Waals surface area (Å²) in [6, 6.07) is 0.604. The Hall–Kier alpha value is -0.0800. The van der Waals surface area contributed by atoms with Crippen LogP contribution < -0.4 is 5.32 Å². The van der Waals surface area contributed by atoms with Gasteiger partial charge < -0.3 is 10.2 Å². The number of rotatable bonds is 9. The van der Waals surface area contributed by atoms with Gasteiger partial charge in [0.2, 0.25) is 0 Å². The zero-order valence-electron chi connectivity index (χ0n) is 12.2. The van der Waals surface area contributed by atoms with Crippen LogP contribution in [-0.4, -0.2) is 37.1 Å². The van der Waals surface area contributed by atoms with Gasteiger partial charge in [-0.1, -0.05) is 48.0 Å². The van der Waals surface area contributed by atoms with Gasteiger partial charge in [0, 0.05) is 19.1 Å². The van der Waals surface area contributed by atoms with E-state index in [0.717, 1.165) is 18.4 Å². The van der Waals surface area contributed by atoms with Crippen LogP contribution >= 0.6 is 0 Å². The molecule has 0 radical (unpaired) electrons. The van der Waals surface area contributed by atoms with Crippen LogP contribution in [0.3, 0.4) is 0 Å². The maximum absolute atomic E-state index is 3.52. The topological polar surface area (TPSA) is 15.3 Å². The lowest BCUT2D eigenvalue weighted by molar-refractivity contribution is 0.212. The summed E-state index contributed by atoms with van der Waals surface area (Å²) in [4.78, 5) is 2.58. The minimum Gasteiger partial charge on any atom is -0.314 e. The third kappa shape index (κ3) is 8.12. The second-order valence-corrected chi connectivity index (χ2v) is 5.53. The van der Waals surface area contributed by atoms with Crippen LogP contribution in [-0.2, 0) is 0 Å². The number of hydrogen-bond donors (Lipinski definition) is 1. The largest absolute Gasteiger partial charge is 0.314 e. The molecule has 1 N–H and O–H groups in total. The van der Waals surface area contributed by atoms with Crippen molar-refractivity contribution in [1.29, 1.82) is 0 Å². The van der Waals surface area contributed by atoms with Crippen molar-refractivity contribution in [3.05, 3.63) is 0 Å². The SMILES string of the molecule is CCC(C)CN(CC)CC(C)CNC(C)C. The summed E-state index contributed by atoms with van der Waals surface area (Å²) in [6.07, 6.45) is 1.29. The average Bonchev–Trinajstić information content (AvgIpc) is 2.25. The summed E-state index contributed by atoms with van der Waals surface area (Å²) in [5.41, 5.74) is 0. The van der Waals surface area contributed by atoms with E-state index in [1.165, 1.54) is 26.1 Å². The van der Waals surface area contributed by atoms with Gasteiger partial charge in [-0.2, -0.15) is 0 Å². The molecule has 0 bridgehead atoms. The molecule has 0 aromatic rings. The molecular formula is C14H32N2. The Morgan fingerprint density at radius 2 is 1.50 bits per heavy atom. The lowest BCUT2D eigenvalue weighted by Gasteiger charge is -2.27. The van der Waals surface area contributed by atoms with E-state index in [1.807, 2.05) is 0 Å².